The third-order valence-corrected chi connectivity index (χ3v) is 5.20. The fourth-order valence-corrected chi connectivity index (χ4v) is 3.86. The molecule has 1 aromatic rings. The molecule has 1 aromatic carbocycles. The molecule has 2 aliphatic rings. The van der Waals surface area contributed by atoms with Crippen molar-refractivity contribution in [2.45, 2.75) is 45.3 Å². The number of nitrogens with one attached hydrogen (secondary N) is 2. The molecule has 1 saturated carbocycles. The van der Waals surface area contributed by atoms with E-state index in [1.807, 2.05) is 31.2 Å². The summed E-state index contributed by atoms with van der Waals surface area (Å²) in [6.07, 6.45) is 3.12. The van der Waals surface area contributed by atoms with E-state index in [-0.39, 0.29) is 12.1 Å². The molecule has 2 N–H and O–H groups in total. The minimum Gasteiger partial charge on any atom is -0.496 e. The van der Waals surface area contributed by atoms with Gasteiger partial charge in [0.1, 0.15) is 11.9 Å². The SMILES string of the molecule is COc1ccccc1[C@@H]1NC(=S)NC(C)=C1C(=O)O[C@H]1CCC[C@H]1C. The van der Waals surface area contributed by atoms with Crippen molar-refractivity contribution < 1.29 is 14.3 Å². The third-order valence-electron chi connectivity index (χ3n) is 4.98. The van der Waals surface area contributed by atoms with E-state index in [0.29, 0.717) is 22.4 Å². The van der Waals surface area contributed by atoms with Gasteiger partial charge in [-0.2, -0.15) is 0 Å². The highest BCUT2D eigenvalue weighted by atomic mass is 32.1. The summed E-state index contributed by atoms with van der Waals surface area (Å²) in [4.78, 5) is 13.0. The van der Waals surface area contributed by atoms with Crippen molar-refractivity contribution in [2.24, 2.45) is 5.92 Å². The van der Waals surface area contributed by atoms with Gasteiger partial charge in [-0.05, 0) is 50.4 Å². The number of thiocarbonyl (C=S) groups is 1. The Morgan fingerprint density at radius 3 is 2.72 bits per heavy atom. The van der Waals surface area contributed by atoms with E-state index in [4.69, 9.17) is 21.7 Å². The standard InChI is InChI=1S/C19H24N2O3S/c1-11-7-6-10-14(11)24-18(22)16-12(2)20-19(25)21-17(16)13-8-4-5-9-15(13)23-3/h4-5,8-9,11,14,17H,6-7,10H2,1-3H3,(H2,20,21,25)/t11-,14+,17+/m1/s1. The highest BCUT2D eigenvalue weighted by Gasteiger charge is 2.35. The van der Waals surface area contributed by atoms with E-state index in [0.717, 1.165) is 30.5 Å². The van der Waals surface area contributed by atoms with Gasteiger partial charge in [0.25, 0.3) is 0 Å². The summed E-state index contributed by atoms with van der Waals surface area (Å²) in [6.45, 7) is 3.99. The van der Waals surface area contributed by atoms with Crippen molar-refractivity contribution in [1.29, 1.82) is 0 Å². The maximum atomic E-state index is 13.0. The van der Waals surface area contributed by atoms with Gasteiger partial charge in [0.15, 0.2) is 5.11 Å². The van der Waals surface area contributed by atoms with Crippen LogP contribution in [-0.4, -0.2) is 24.3 Å². The molecule has 0 aromatic heterocycles. The predicted molar refractivity (Wildman–Crippen MR) is 100 cm³/mol. The smallest absolute Gasteiger partial charge is 0.338 e. The minimum atomic E-state index is -0.394. The summed E-state index contributed by atoms with van der Waals surface area (Å²) in [7, 11) is 1.62. The Morgan fingerprint density at radius 2 is 2.04 bits per heavy atom. The third kappa shape index (κ3) is 3.63. The molecule has 0 bridgehead atoms. The van der Waals surface area contributed by atoms with Crippen LogP contribution in [0.15, 0.2) is 35.5 Å². The summed E-state index contributed by atoms with van der Waals surface area (Å²) in [5.74, 6) is 0.812. The molecule has 1 aliphatic heterocycles. The molecule has 0 saturated heterocycles. The lowest BCUT2D eigenvalue weighted by Gasteiger charge is -2.31. The van der Waals surface area contributed by atoms with Gasteiger partial charge >= 0.3 is 5.97 Å². The molecule has 134 valence electrons. The Bertz CT molecular complexity index is 716. The molecule has 5 nitrogen and oxygen atoms in total. The number of methoxy groups -OCH3 is 1. The maximum absolute atomic E-state index is 13.0. The average molecular weight is 360 g/mol. The number of esters is 1. The molecule has 0 radical (unpaired) electrons. The number of hydrogen-bond donors (Lipinski definition) is 2. The minimum absolute atomic E-state index is 0.0139. The number of rotatable bonds is 4. The van der Waals surface area contributed by atoms with Crippen LogP contribution in [0.3, 0.4) is 0 Å². The summed E-state index contributed by atoms with van der Waals surface area (Å²) >= 11 is 5.29. The molecule has 1 heterocycles. The largest absolute Gasteiger partial charge is 0.496 e. The van der Waals surface area contributed by atoms with E-state index in [2.05, 4.69) is 17.6 Å². The van der Waals surface area contributed by atoms with Gasteiger partial charge < -0.3 is 20.1 Å². The van der Waals surface area contributed by atoms with Crippen molar-refractivity contribution in [2.75, 3.05) is 7.11 Å². The van der Waals surface area contributed by atoms with Gasteiger partial charge in [0.05, 0.1) is 18.7 Å². The summed E-state index contributed by atoms with van der Waals surface area (Å²) in [5.41, 5.74) is 2.13. The first kappa shape index (κ1) is 17.7. The molecule has 3 rings (SSSR count). The lowest BCUT2D eigenvalue weighted by molar-refractivity contribution is -0.146. The number of allylic oxidation sites excluding steroid dienone is 1. The number of ether oxygens (including phenoxy) is 2. The quantitative estimate of drug-likeness (QED) is 0.635. The summed E-state index contributed by atoms with van der Waals surface area (Å²) in [5, 5.41) is 6.71. The van der Waals surface area contributed by atoms with Crippen LogP contribution in [0.2, 0.25) is 0 Å². The van der Waals surface area contributed by atoms with Crippen LogP contribution in [0.25, 0.3) is 0 Å². The zero-order valence-electron chi connectivity index (χ0n) is 14.8. The van der Waals surface area contributed by atoms with E-state index in [1.54, 1.807) is 7.11 Å². The van der Waals surface area contributed by atoms with E-state index in [9.17, 15) is 4.79 Å². The first-order valence-electron chi connectivity index (χ1n) is 8.63. The van der Waals surface area contributed by atoms with Crippen molar-refractivity contribution in [3.05, 3.63) is 41.1 Å². The van der Waals surface area contributed by atoms with Gasteiger partial charge in [-0.1, -0.05) is 25.1 Å². The molecular formula is C19H24N2O3S. The fraction of sp³-hybridized carbons (Fsp3) is 0.474. The van der Waals surface area contributed by atoms with Crippen LogP contribution >= 0.6 is 12.2 Å². The Labute approximate surface area is 153 Å². The summed E-state index contributed by atoms with van der Waals surface area (Å²) in [6, 6.07) is 7.23. The topological polar surface area (TPSA) is 59.6 Å². The van der Waals surface area contributed by atoms with Crippen molar-refractivity contribution in [1.82, 2.24) is 10.6 Å². The normalized spacial score (nSPS) is 26.0. The number of para-hydroxylation sites is 1. The second-order valence-electron chi connectivity index (χ2n) is 6.66. The maximum Gasteiger partial charge on any atom is 0.338 e. The number of carbonyl (C=O) groups excluding carboxylic acids is 1. The lowest BCUT2D eigenvalue weighted by atomic mass is 9.94. The molecule has 0 unspecified atom stereocenters. The van der Waals surface area contributed by atoms with Gasteiger partial charge in [0, 0.05) is 11.3 Å². The fourth-order valence-electron chi connectivity index (χ4n) is 3.59. The van der Waals surface area contributed by atoms with Crippen LogP contribution in [0.5, 0.6) is 5.75 Å². The number of carbonyl (C=O) groups is 1. The van der Waals surface area contributed by atoms with Crippen LogP contribution in [0.1, 0.15) is 44.7 Å². The zero-order valence-corrected chi connectivity index (χ0v) is 15.6. The molecule has 6 heteroatoms. The Hall–Kier alpha value is -2.08. The van der Waals surface area contributed by atoms with Gasteiger partial charge in [-0.25, -0.2) is 4.79 Å². The molecule has 0 spiro atoms. The van der Waals surface area contributed by atoms with E-state index < -0.39 is 6.04 Å². The van der Waals surface area contributed by atoms with Crippen LogP contribution < -0.4 is 15.4 Å². The van der Waals surface area contributed by atoms with Crippen LogP contribution in [-0.2, 0) is 9.53 Å². The predicted octanol–water partition coefficient (Wildman–Crippen LogP) is 3.22. The second kappa shape index (κ2) is 7.44. The van der Waals surface area contributed by atoms with Crippen molar-refractivity contribution in [3.63, 3.8) is 0 Å². The Morgan fingerprint density at radius 1 is 1.28 bits per heavy atom. The highest BCUT2D eigenvalue weighted by Crippen LogP contribution is 2.35. The van der Waals surface area contributed by atoms with Crippen LogP contribution in [0, 0.1) is 5.92 Å². The molecule has 3 atom stereocenters. The van der Waals surface area contributed by atoms with Crippen molar-refractivity contribution >= 4 is 23.3 Å². The molecule has 25 heavy (non-hydrogen) atoms. The second-order valence-corrected chi connectivity index (χ2v) is 7.07. The summed E-state index contributed by atoms with van der Waals surface area (Å²) < 4.78 is 11.3. The zero-order chi connectivity index (χ0) is 18.0. The first-order valence-corrected chi connectivity index (χ1v) is 9.04. The van der Waals surface area contributed by atoms with E-state index >= 15 is 0 Å². The van der Waals surface area contributed by atoms with Gasteiger partial charge in [-0.3, -0.25) is 0 Å². The van der Waals surface area contributed by atoms with Crippen LogP contribution in [0.4, 0.5) is 0 Å². The highest BCUT2D eigenvalue weighted by molar-refractivity contribution is 7.80. The Kier molecular flexibility index (Phi) is 5.27. The number of benzene rings is 1. The molecule has 1 aliphatic carbocycles. The Balaban J connectivity index is 1.93. The first-order chi connectivity index (χ1) is 12.0. The molecular weight excluding hydrogens is 336 g/mol. The van der Waals surface area contributed by atoms with E-state index in [1.165, 1.54) is 0 Å². The lowest BCUT2D eigenvalue weighted by Crippen LogP contribution is -2.45. The average Bonchev–Trinajstić information content (AvgIpc) is 2.98. The monoisotopic (exact) mass is 360 g/mol. The van der Waals surface area contributed by atoms with Crippen molar-refractivity contribution in [3.8, 4) is 5.75 Å². The number of hydrogen-bond acceptors (Lipinski definition) is 4. The molecule has 0 amide bonds. The van der Waals surface area contributed by atoms with Gasteiger partial charge in [-0.15, -0.1) is 0 Å². The van der Waals surface area contributed by atoms with Gasteiger partial charge in [0.2, 0.25) is 0 Å². The molecule has 1 fully saturated rings.